The largest absolute Gasteiger partial charge is 0.355 e. The van der Waals surface area contributed by atoms with Crippen molar-refractivity contribution in [2.75, 3.05) is 10.6 Å². The summed E-state index contributed by atoms with van der Waals surface area (Å²) in [6.45, 7) is 4.07. The Hall–Kier alpha value is -3.21. The zero-order chi connectivity index (χ0) is 17.8. The number of hydrogen-bond acceptors (Lipinski definition) is 3. The van der Waals surface area contributed by atoms with E-state index in [1.165, 1.54) is 17.7 Å². The van der Waals surface area contributed by atoms with Crippen LogP contribution < -0.4 is 10.6 Å². The second-order valence-electron chi connectivity index (χ2n) is 5.74. The average Bonchev–Trinajstić information content (AvgIpc) is 2.61. The second-order valence-corrected chi connectivity index (χ2v) is 5.74. The Morgan fingerprint density at radius 1 is 1.00 bits per heavy atom. The van der Waals surface area contributed by atoms with Crippen LogP contribution in [0.5, 0.6) is 0 Å². The molecule has 0 aliphatic heterocycles. The van der Waals surface area contributed by atoms with Crippen molar-refractivity contribution in [1.82, 2.24) is 4.98 Å². The number of carbonyl (C=O) groups excluding carboxylic acids is 1. The summed E-state index contributed by atoms with van der Waals surface area (Å²) in [6.07, 6.45) is 1.55. The molecule has 0 aliphatic carbocycles. The summed E-state index contributed by atoms with van der Waals surface area (Å²) in [4.78, 5) is 16.4. The van der Waals surface area contributed by atoms with Gasteiger partial charge < -0.3 is 10.6 Å². The van der Waals surface area contributed by atoms with Gasteiger partial charge in [-0.15, -0.1) is 0 Å². The fourth-order valence-electron chi connectivity index (χ4n) is 2.42. The van der Waals surface area contributed by atoms with E-state index in [0.29, 0.717) is 0 Å². The number of aromatic nitrogens is 1. The van der Waals surface area contributed by atoms with E-state index in [1.807, 2.05) is 32.0 Å². The maximum Gasteiger partial charge on any atom is 0.274 e. The van der Waals surface area contributed by atoms with E-state index in [0.717, 1.165) is 16.9 Å². The van der Waals surface area contributed by atoms with Crippen LogP contribution in [-0.2, 0) is 0 Å². The van der Waals surface area contributed by atoms with Crippen molar-refractivity contribution < 1.29 is 9.18 Å². The van der Waals surface area contributed by atoms with Crippen molar-refractivity contribution in [2.45, 2.75) is 13.8 Å². The summed E-state index contributed by atoms with van der Waals surface area (Å²) in [7, 11) is 0. The van der Waals surface area contributed by atoms with Gasteiger partial charge in [-0.05, 0) is 55.3 Å². The van der Waals surface area contributed by atoms with Gasteiger partial charge in [-0.1, -0.05) is 24.3 Å². The average molecular weight is 335 g/mol. The van der Waals surface area contributed by atoms with Gasteiger partial charge in [0, 0.05) is 17.6 Å². The molecule has 1 aromatic heterocycles. The summed E-state index contributed by atoms with van der Waals surface area (Å²) in [5.74, 6) is -0.949. The minimum atomic E-state index is -0.486. The predicted molar refractivity (Wildman–Crippen MR) is 97.8 cm³/mol. The van der Waals surface area contributed by atoms with E-state index < -0.39 is 11.7 Å². The van der Waals surface area contributed by atoms with Crippen molar-refractivity contribution in [2.24, 2.45) is 0 Å². The van der Waals surface area contributed by atoms with Gasteiger partial charge in [-0.3, -0.25) is 9.78 Å². The Kier molecular flexibility index (Phi) is 4.75. The molecule has 25 heavy (non-hydrogen) atoms. The molecule has 0 saturated heterocycles. The third kappa shape index (κ3) is 3.83. The molecule has 3 rings (SSSR count). The molecular formula is C20H18FN3O. The summed E-state index contributed by atoms with van der Waals surface area (Å²) in [5, 5.41) is 5.82. The molecule has 0 atom stereocenters. The van der Waals surface area contributed by atoms with Gasteiger partial charge in [0.25, 0.3) is 5.91 Å². The Bertz CT molecular complexity index is 924. The lowest BCUT2D eigenvalue weighted by molar-refractivity contribution is 0.102. The van der Waals surface area contributed by atoms with Gasteiger partial charge in [-0.25, -0.2) is 4.39 Å². The lowest BCUT2D eigenvalue weighted by Crippen LogP contribution is -2.14. The molecule has 0 saturated carbocycles. The predicted octanol–water partition coefficient (Wildman–Crippen LogP) is 4.83. The molecule has 0 unspecified atom stereocenters. The highest BCUT2D eigenvalue weighted by molar-refractivity contribution is 6.03. The molecule has 4 nitrogen and oxygen atoms in total. The summed E-state index contributed by atoms with van der Waals surface area (Å²) < 4.78 is 13.7. The van der Waals surface area contributed by atoms with Crippen LogP contribution >= 0.6 is 0 Å². The van der Waals surface area contributed by atoms with Crippen molar-refractivity contribution in [3.63, 3.8) is 0 Å². The molecule has 126 valence electrons. The molecule has 0 spiro atoms. The monoisotopic (exact) mass is 335 g/mol. The molecule has 1 heterocycles. The van der Waals surface area contributed by atoms with Crippen LogP contribution in [0.2, 0.25) is 0 Å². The maximum absolute atomic E-state index is 13.7. The highest BCUT2D eigenvalue weighted by Gasteiger charge is 2.11. The number of pyridine rings is 1. The van der Waals surface area contributed by atoms with Crippen LogP contribution in [-0.4, -0.2) is 10.9 Å². The van der Waals surface area contributed by atoms with Crippen LogP contribution in [0.4, 0.5) is 21.5 Å². The highest BCUT2D eigenvalue weighted by Crippen LogP contribution is 2.23. The smallest absolute Gasteiger partial charge is 0.274 e. The van der Waals surface area contributed by atoms with Crippen LogP contribution in [0, 0.1) is 19.7 Å². The van der Waals surface area contributed by atoms with E-state index in [2.05, 4.69) is 15.6 Å². The summed E-state index contributed by atoms with van der Waals surface area (Å²) in [5.41, 5.74) is 4.35. The Balaban J connectivity index is 1.80. The molecule has 2 aromatic carbocycles. The lowest BCUT2D eigenvalue weighted by atomic mass is 10.1. The van der Waals surface area contributed by atoms with Gasteiger partial charge in [0.1, 0.15) is 11.5 Å². The molecule has 0 bridgehead atoms. The maximum atomic E-state index is 13.7. The summed E-state index contributed by atoms with van der Waals surface area (Å²) >= 11 is 0. The van der Waals surface area contributed by atoms with E-state index in [4.69, 9.17) is 0 Å². The number of nitrogens with one attached hydrogen (secondary N) is 2. The van der Waals surface area contributed by atoms with Gasteiger partial charge in [0.2, 0.25) is 0 Å². The third-order valence-corrected chi connectivity index (χ3v) is 4.00. The molecule has 2 N–H and O–H groups in total. The second kappa shape index (κ2) is 7.13. The molecule has 0 fully saturated rings. The number of halogens is 1. The Morgan fingerprint density at radius 2 is 1.76 bits per heavy atom. The quantitative estimate of drug-likeness (QED) is 0.718. The van der Waals surface area contributed by atoms with Gasteiger partial charge in [0.05, 0.1) is 5.69 Å². The lowest BCUT2D eigenvalue weighted by Gasteiger charge is -2.12. The fourth-order valence-corrected chi connectivity index (χ4v) is 2.42. The fraction of sp³-hybridized carbons (Fsp3) is 0.100. The van der Waals surface area contributed by atoms with E-state index >= 15 is 0 Å². The van der Waals surface area contributed by atoms with Gasteiger partial charge in [0.15, 0.2) is 0 Å². The van der Waals surface area contributed by atoms with Crippen LogP contribution in [0.25, 0.3) is 0 Å². The number of amides is 1. The summed E-state index contributed by atoms with van der Waals surface area (Å²) in [6, 6.07) is 15.4. The number of benzene rings is 2. The van der Waals surface area contributed by atoms with Gasteiger partial charge >= 0.3 is 0 Å². The number of hydrogen-bond donors (Lipinski definition) is 2. The first-order chi connectivity index (χ1) is 12.0. The van der Waals surface area contributed by atoms with Crippen LogP contribution in [0.15, 0.2) is 60.8 Å². The van der Waals surface area contributed by atoms with Crippen molar-refractivity contribution in [1.29, 1.82) is 0 Å². The number of anilines is 3. The first-order valence-corrected chi connectivity index (χ1v) is 7.90. The number of rotatable bonds is 4. The van der Waals surface area contributed by atoms with Gasteiger partial charge in [-0.2, -0.15) is 0 Å². The molecule has 0 radical (unpaired) electrons. The van der Waals surface area contributed by atoms with Crippen molar-refractivity contribution in [3.8, 4) is 0 Å². The van der Waals surface area contributed by atoms with E-state index in [-0.39, 0.29) is 11.4 Å². The number of carbonyl (C=O) groups is 1. The minimum Gasteiger partial charge on any atom is -0.355 e. The van der Waals surface area contributed by atoms with E-state index in [9.17, 15) is 9.18 Å². The van der Waals surface area contributed by atoms with Crippen LogP contribution in [0.1, 0.15) is 21.6 Å². The SMILES string of the molecule is Cc1cccc(Nc2ccnc(C(=O)Nc3ccccc3F)c2)c1C. The van der Waals surface area contributed by atoms with Crippen LogP contribution in [0.3, 0.4) is 0 Å². The number of para-hydroxylation sites is 1. The van der Waals surface area contributed by atoms with E-state index in [1.54, 1.807) is 30.5 Å². The minimum absolute atomic E-state index is 0.127. The first kappa shape index (κ1) is 16.6. The molecule has 0 aliphatic rings. The zero-order valence-electron chi connectivity index (χ0n) is 14.0. The molecular weight excluding hydrogens is 317 g/mol. The first-order valence-electron chi connectivity index (χ1n) is 7.90. The molecule has 1 amide bonds. The molecule has 5 heteroatoms. The topological polar surface area (TPSA) is 54.0 Å². The normalized spacial score (nSPS) is 10.4. The van der Waals surface area contributed by atoms with Crippen molar-refractivity contribution in [3.05, 3.63) is 83.4 Å². The molecule has 3 aromatic rings. The number of aryl methyl sites for hydroxylation is 1. The number of nitrogens with zero attached hydrogens (tertiary/aromatic N) is 1. The van der Waals surface area contributed by atoms with Crippen molar-refractivity contribution >= 4 is 23.0 Å². The Morgan fingerprint density at radius 3 is 2.56 bits per heavy atom. The Labute approximate surface area is 145 Å². The zero-order valence-corrected chi connectivity index (χ0v) is 14.0. The highest BCUT2D eigenvalue weighted by atomic mass is 19.1. The standard InChI is InChI=1S/C20H18FN3O/c1-13-6-5-9-17(14(13)2)23-15-10-11-22-19(12-15)20(25)24-18-8-4-3-7-16(18)21/h3-12H,1-2H3,(H,22,23)(H,24,25). The third-order valence-electron chi connectivity index (χ3n) is 4.00.